The molecule has 200 valence electrons. The van der Waals surface area contributed by atoms with Gasteiger partial charge in [0, 0.05) is 23.1 Å². The highest BCUT2D eigenvalue weighted by atomic mass is 32.2. The molecule has 1 fully saturated rings. The average Bonchev–Trinajstić information content (AvgIpc) is 2.87. The zero-order chi connectivity index (χ0) is 26.5. The van der Waals surface area contributed by atoms with Gasteiger partial charge in [0.2, 0.25) is 5.75 Å². The molecule has 36 heavy (non-hydrogen) atoms. The van der Waals surface area contributed by atoms with Gasteiger partial charge in [-0.1, -0.05) is 6.07 Å². The van der Waals surface area contributed by atoms with Gasteiger partial charge in [-0.05, 0) is 95.8 Å². The Bertz CT molecular complexity index is 1030. The van der Waals surface area contributed by atoms with Crippen LogP contribution in [0.25, 0.3) is 0 Å². The van der Waals surface area contributed by atoms with Crippen molar-refractivity contribution < 1.29 is 24.1 Å². The summed E-state index contributed by atoms with van der Waals surface area (Å²) in [6.07, 6.45) is 3.31. The molecule has 3 rings (SSSR count). The van der Waals surface area contributed by atoms with Crippen LogP contribution in [0.4, 0.5) is 0 Å². The van der Waals surface area contributed by atoms with Crippen LogP contribution in [0.2, 0.25) is 0 Å². The minimum absolute atomic E-state index is 0.282. The van der Waals surface area contributed by atoms with Gasteiger partial charge >= 0.3 is 0 Å². The van der Waals surface area contributed by atoms with Gasteiger partial charge in [0.25, 0.3) is 0 Å². The fourth-order valence-electron chi connectivity index (χ4n) is 4.70. The van der Waals surface area contributed by atoms with Gasteiger partial charge in [0.1, 0.15) is 17.1 Å². The number of hydrogen-bond donors (Lipinski definition) is 1. The van der Waals surface area contributed by atoms with E-state index in [0.29, 0.717) is 22.5 Å². The van der Waals surface area contributed by atoms with Crippen LogP contribution < -0.4 is 18.9 Å². The third kappa shape index (κ3) is 6.74. The third-order valence-electron chi connectivity index (χ3n) is 7.22. The highest BCUT2D eigenvalue weighted by Gasteiger charge is 2.26. The predicted octanol–water partition coefficient (Wildman–Crippen LogP) is 6.29. The highest BCUT2D eigenvalue weighted by molar-refractivity contribution is 7.99. The van der Waals surface area contributed by atoms with Crippen molar-refractivity contribution in [3.05, 3.63) is 40.5 Å². The van der Waals surface area contributed by atoms with Crippen molar-refractivity contribution >= 4 is 11.8 Å². The molecule has 6 nitrogen and oxygen atoms in total. The first kappa shape index (κ1) is 28.3. The maximum absolute atomic E-state index is 10.2. The second-order valence-corrected chi connectivity index (χ2v) is 11.5. The first-order valence-electron chi connectivity index (χ1n) is 12.7. The summed E-state index contributed by atoms with van der Waals surface area (Å²) in [5.41, 5.74) is 3.61. The SMILES string of the molecule is COc1ccc(CSC2CCN(CCC(C)(C)Oc3cc(C)c(O)c(C)c3C)CC2)c(OC)c1OC. The molecule has 1 aliphatic rings. The molecule has 1 heterocycles. The lowest BCUT2D eigenvalue weighted by Gasteiger charge is -2.35. The molecule has 0 saturated carbocycles. The Kier molecular flexibility index (Phi) is 9.70. The number of methoxy groups -OCH3 is 3. The lowest BCUT2D eigenvalue weighted by Crippen LogP contribution is -2.39. The largest absolute Gasteiger partial charge is 0.507 e. The van der Waals surface area contributed by atoms with Gasteiger partial charge in [0.05, 0.1) is 21.3 Å². The maximum Gasteiger partial charge on any atom is 0.203 e. The van der Waals surface area contributed by atoms with Crippen LogP contribution >= 0.6 is 11.8 Å². The Morgan fingerprint density at radius 3 is 2.22 bits per heavy atom. The second-order valence-electron chi connectivity index (χ2n) is 10.2. The Morgan fingerprint density at radius 2 is 1.61 bits per heavy atom. The smallest absolute Gasteiger partial charge is 0.203 e. The molecule has 0 aliphatic carbocycles. The number of nitrogens with zero attached hydrogens (tertiary/aromatic N) is 1. The van der Waals surface area contributed by atoms with Crippen molar-refractivity contribution in [3.8, 4) is 28.7 Å². The van der Waals surface area contributed by atoms with Crippen molar-refractivity contribution in [3.63, 3.8) is 0 Å². The summed E-state index contributed by atoms with van der Waals surface area (Å²) in [7, 11) is 4.97. The predicted molar refractivity (Wildman–Crippen MR) is 148 cm³/mol. The Morgan fingerprint density at radius 1 is 0.944 bits per heavy atom. The lowest BCUT2D eigenvalue weighted by atomic mass is 10.0. The van der Waals surface area contributed by atoms with E-state index in [9.17, 15) is 5.11 Å². The van der Waals surface area contributed by atoms with E-state index in [4.69, 9.17) is 18.9 Å². The molecule has 0 unspecified atom stereocenters. The van der Waals surface area contributed by atoms with Gasteiger partial charge in [-0.2, -0.15) is 11.8 Å². The molecule has 1 N–H and O–H groups in total. The molecule has 0 bridgehead atoms. The highest BCUT2D eigenvalue weighted by Crippen LogP contribution is 2.42. The summed E-state index contributed by atoms with van der Waals surface area (Å²) >= 11 is 2.00. The summed E-state index contributed by atoms with van der Waals surface area (Å²) in [6.45, 7) is 13.4. The normalized spacial score (nSPS) is 15.1. The standard InChI is InChI=1S/C29H43NO5S/c1-19-17-25(20(2)21(3)26(19)31)35-29(4,5)13-16-30-14-11-23(12-15-30)36-18-22-9-10-24(32-6)28(34-8)27(22)33-7/h9-10,17,23,31H,11-16,18H2,1-8H3. The van der Waals surface area contributed by atoms with Crippen LogP contribution in [0.1, 0.15) is 55.4 Å². The van der Waals surface area contributed by atoms with Crippen LogP contribution in [-0.2, 0) is 5.75 Å². The van der Waals surface area contributed by atoms with Gasteiger partial charge < -0.3 is 29.0 Å². The molecule has 0 aromatic heterocycles. The summed E-state index contributed by atoms with van der Waals surface area (Å²) in [5.74, 6) is 4.23. The number of benzene rings is 2. The van der Waals surface area contributed by atoms with Crippen LogP contribution in [0.3, 0.4) is 0 Å². The molecule has 0 spiro atoms. The number of piperidine rings is 1. The second kappa shape index (κ2) is 12.3. The molecule has 2 aromatic rings. The van der Waals surface area contributed by atoms with Crippen LogP contribution in [0.15, 0.2) is 18.2 Å². The van der Waals surface area contributed by atoms with E-state index in [-0.39, 0.29) is 5.60 Å². The number of ether oxygens (including phenoxy) is 4. The Hall–Kier alpha value is -2.25. The number of phenolic OH excluding ortho intramolecular Hbond substituents is 1. The number of hydrogen-bond acceptors (Lipinski definition) is 7. The molecular weight excluding hydrogens is 474 g/mol. The number of rotatable bonds is 11. The monoisotopic (exact) mass is 517 g/mol. The number of aromatic hydroxyl groups is 1. The zero-order valence-corrected chi connectivity index (χ0v) is 24.0. The fourth-order valence-corrected chi connectivity index (χ4v) is 5.88. The Labute approximate surface area is 221 Å². The molecular formula is C29H43NO5S. The summed E-state index contributed by atoms with van der Waals surface area (Å²) < 4.78 is 23.0. The first-order valence-corrected chi connectivity index (χ1v) is 13.8. The van der Waals surface area contributed by atoms with Crippen molar-refractivity contribution in [2.24, 2.45) is 0 Å². The third-order valence-corrected chi connectivity index (χ3v) is 8.64. The molecule has 1 aliphatic heterocycles. The molecule has 0 atom stereocenters. The van der Waals surface area contributed by atoms with Crippen LogP contribution in [-0.4, -0.2) is 61.8 Å². The van der Waals surface area contributed by atoms with Crippen molar-refractivity contribution in [1.29, 1.82) is 0 Å². The minimum Gasteiger partial charge on any atom is -0.507 e. The molecule has 1 saturated heterocycles. The van der Waals surface area contributed by atoms with Crippen LogP contribution in [0, 0.1) is 20.8 Å². The van der Waals surface area contributed by atoms with Crippen molar-refractivity contribution in [1.82, 2.24) is 4.90 Å². The molecule has 0 amide bonds. The van der Waals surface area contributed by atoms with E-state index in [1.54, 1.807) is 21.3 Å². The summed E-state index contributed by atoms with van der Waals surface area (Å²) in [6, 6.07) is 5.98. The number of thioether (sulfide) groups is 1. The van der Waals surface area contributed by atoms with E-state index < -0.39 is 0 Å². The number of likely N-dealkylation sites (tertiary alicyclic amines) is 1. The summed E-state index contributed by atoms with van der Waals surface area (Å²) in [4.78, 5) is 2.55. The van der Waals surface area contributed by atoms with E-state index in [0.717, 1.165) is 65.6 Å². The van der Waals surface area contributed by atoms with Crippen LogP contribution in [0.5, 0.6) is 28.7 Å². The summed E-state index contributed by atoms with van der Waals surface area (Å²) in [5, 5.41) is 10.8. The fraction of sp³-hybridized carbons (Fsp3) is 0.586. The minimum atomic E-state index is -0.282. The van der Waals surface area contributed by atoms with Gasteiger partial charge in [0.15, 0.2) is 11.5 Å². The molecule has 7 heteroatoms. The topological polar surface area (TPSA) is 60.4 Å². The quantitative estimate of drug-likeness (QED) is 0.376. The molecule has 0 radical (unpaired) electrons. The zero-order valence-electron chi connectivity index (χ0n) is 23.2. The van der Waals surface area contributed by atoms with E-state index in [2.05, 4.69) is 24.8 Å². The van der Waals surface area contributed by atoms with E-state index >= 15 is 0 Å². The average molecular weight is 518 g/mol. The van der Waals surface area contributed by atoms with Crippen molar-refractivity contribution in [2.45, 2.75) is 70.5 Å². The lowest BCUT2D eigenvalue weighted by molar-refractivity contribution is 0.0790. The van der Waals surface area contributed by atoms with Gasteiger partial charge in [-0.3, -0.25) is 0 Å². The number of phenols is 1. The first-order chi connectivity index (χ1) is 17.1. The van der Waals surface area contributed by atoms with E-state index in [1.807, 2.05) is 44.7 Å². The van der Waals surface area contributed by atoms with Gasteiger partial charge in [-0.25, -0.2) is 0 Å². The van der Waals surface area contributed by atoms with E-state index in [1.165, 1.54) is 12.8 Å². The number of aryl methyl sites for hydroxylation is 1. The molecule has 2 aromatic carbocycles. The Balaban J connectivity index is 1.49. The van der Waals surface area contributed by atoms with Gasteiger partial charge in [-0.15, -0.1) is 0 Å². The maximum atomic E-state index is 10.2. The van der Waals surface area contributed by atoms with Crippen molar-refractivity contribution in [2.75, 3.05) is 41.0 Å².